The van der Waals surface area contributed by atoms with Crippen LogP contribution >= 0.6 is 0 Å². The first-order chi connectivity index (χ1) is 9.29. The Bertz CT molecular complexity index is 735. The highest BCUT2D eigenvalue weighted by molar-refractivity contribution is 6.01. The minimum Gasteiger partial charge on any atom is -0.465 e. The number of benzene rings is 1. The maximum absolute atomic E-state index is 11.7. The predicted molar refractivity (Wildman–Crippen MR) is 68.6 cm³/mol. The quantitative estimate of drug-likeness (QED) is 0.658. The molecule has 0 atom stereocenters. The summed E-state index contributed by atoms with van der Waals surface area (Å²) in [7, 11) is 1.34. The first kappa shape index (κ1) is 11.4. The van der Waals surface area contributed by atoms with Gasteiger partial charge in [0.2, 0.25) is 5.89 Å². The summed E-state index contributed by atoms with van der Waals surface area (Å²) in [6.45, 7) is 0. The number of pyridine rings is 1. The summed E-state index contributed by atoms with van der Waals surface area (Å²) in [6.07, 6.45) is 3.33. The summed E-state index contributed by atoms with van der Waals surface area (Å²) in [5.74, 6) is -0.00362. The molecule has 3 rings (SSSR count). The van der Waals surface area contributed by atoms with E-state index in [0.717, 1.165) is 5.56 Å². The summed E-state index contributed by atoms with van der Waals surface area (Å²) >= 11 is 0. The van der Waals surface area contributed by atoms with Crippen LogP contribution in [0.25, 0.3) is 22.6 Å². The molecule has 94 valence electrons. The van der Waals surface area contributed by atoms with Gasteiger partial charge < -0.3 is 9.15 Å². The molecule has 0 fully saturated rings. The largest absolute Gasteiger partial charge is 0.465 e. The summed E-state index contributed by atoms with van der Waals surface area (Å²) in [6, 6.07) is 8.78. The normalized spacial score (nSPS) is 10.6. The van der Waals surface area contributed by atoms with Gasteiger partial charge in [-0.2, -0.15) is 0 Å². The lowest BCUT2D eigenvalue weighted by Crippen LogP contribution is -2.01. The molecule has 0 bridgehead atoms. The molecule has 0 aliphatic heterocycles. The molecule has 2 aromatic heterocycles. The van der Waals surface area contributed by atoms with Gasteiger partial charge in [-0.1, -0.05) is 6.07 Å². The smallest absolute Gasteiger partial charge is 0.340 e. The molecule has 5 heteroatoms. The van der Waals surface area contributed by atoms with Gasteiger partial charge in [-0.15, -0.1) is 0 Å². The monoisotopic (exact) mass is 254 g/mol. The molecule has 0 saturated carbocycles. The lowest BCUT2D eigenvalue weighted by molar-refractivity contribution is 0.0603. The van der Waals surface area contributed by atoms with Crippen molar-refractivity contribution in [2.45, 2.75) is 0 Å². The molecule has 0 unspecified atom stereocenters. The predicted octanol–water partition coefficient (Wildman–Crippen LogP) is 2.68. The highest BCUT2D eigenvalue weighted by Crippen LogP contribution is 2.26. The zero-order chi connectivity index (χ0) is 13.2. The third-order valence-electron chi connectivity index (χ3n) is 2.73. The second-order valence-corrected chi connectivity index (χ2v) is 3.90. The Kier molecular flexibility index (Phi) is 2.72. The van der Waals surface area contributed by atoms with Gasteiger partial charge in [0.25, 0.3) is 0 Å². The van der Waals surface area contributed by atoms with Crippen molar-refractivity contribution in [1.29, 1.82) is 0 Å². The molecule has 0 aliphatic rings. The second kappa shape index (κ2) is 4.53. The second-order valence-electron chi connectivity index (χ2n) is 3.90. The Balaban J connectivity index is 2.19. The number of aromatic nitrogens is 2. The summed E-state index contributed by atoms with van der Waals surface area (Å²) in [5.41, 5.74) is 2.18. The van der Waals surface area contributed by atoms with E-state index in [9.17, 15) is 4.79 Å². The fourth-order valence-electron chi connectivity index (χ4n) is 1.84. The van der Waals surface area contributed by atoms with Gasteiger partial charge in [0.05, 0.1) is 18.2 Å². The fraction of sp³-hybridized carbons (Fsp3) is 0.0714. The van der Waals surface area contributed by atoms with Crippen LogP contribution in [-0.4, -0.2) is 23.0 Å². The fourth-order valence-corrected chi connectivity index (χ4v) is 1.84. The van der Waals surface area contributed by atoms with Crippen LogP contribution < -0.4 is 0 Å². The molecule has 3 aromatic rings. The van der Waals surface area contributed by atoms with Gasteiger partial charge in [0.1, 0.15) is 5.52 Å². The zero-order valence-electron chi connectivity index (χ0n) is 10.2. The van der Waals surface area contributed by atoms with Crippen LogP contribution in [0.3, 0.4) is 0 Å². The van der Waals surface area contributed by atoms with E-state index in [1.54, 1.807) is 36.7 Å². The van der Waals surface area contributed by atoms with Gasteiger partial charge in [0.15, 0.2) is 5.58 Å². The maximum atomic E-state index is 11.7. The minimum atomic E-state index is -0.434. The molecule has 0 N–H and O–H groups in total. The number of methoxy groups -OCH3 is 1. The zero-order valence-corrected chi connectivity index (χ0v) is 10.2. The Labute approximate surface area is 108 Å². The SMILES string of the molecule is COC(=O)c1cccc2oc(-c3cccnc3)nc12. The Morgan fingerprint density at radius 3 is 2.89 bits per heavy atom. The van der Waals surface area contributed by atoms with Crippen molar-refractivity contribution in [2.75, 3.05) is 7.11 Å². The van der Waals surface area contributed by atoms with E-state index < -0.39 is 5.97 Å². The highest BCUT2D eigenvalue weighted by Gasteiger charge is 2.16. The number of hydrogen-bond donors (Lipinski definition) is 0. The first-order valence-electron chi connectivity index (χ1n) is 5.68. The average Bonchev–Trinajstić information content (AvgIpc) is 2.91. The Hall–Kier alpha value is -2.69. The minimum absolute atomic E-state index is 0.388. The molecular weight excluding hydrogens is 244 g/mol. The summed E-state index contributed by atoms with van der Waals surface area (Å²) < 4.78 is 10.4. The van der Waals surface area contributed by atoms with Crippen molar-refractivity contribution in [3.63, 3.8) is 0 Å². The van der Waals surface area contributed by atoms with Gasteiger partial charge in [0, 0.05) is 12.4 Å². The third kappa shape index (κ3) is 1.95. The Morgan fingerprint density at radius 1 is 1.26 bits per heavy atom. The molecule has 0 saturated heterocycles. The van der Waals surface area contributed by atoms with Crippen LogP contribution in [0.15, 0.2) is 47.1 Å². The number of oxazole rings is 1. The lowest BCUT2D eigenvalue weighted by atomic mass is 10.2. The van der Waals surface area contributed by atoms with Crippen LogP contribution in [0.4, 0.5) is 0 Å². The van der Waals surface area contributed by atoms with E-state index in [2.05, 4.69) is 9.97 Å². The van der Waals surface area contributed by atoms with Crippen LogP contribution in [0.5, 0.6) is 0 Å². The lowest BCUT2D eigenvalue weighted by Gasteiger charge is -1.97. The van der Waals surface area contributed by atoms with Gasteiger partial charge in [-0.05, 0) is 24.3 Å². The molecule has 1 aromatic carbocycles. The molecule has 19 heavy (non-hydrogen) atoms. The molecule has 0 aliphatic carbocycles. The molecule has 0 amide bonds. The number of ether oxygens (including phenoxy) is 1. The molecule has 0 spiro atoms. The average molecular weight is 254 g/mol. The van der Waals surface area contributed by atoms with Crippen molar-refractivity contribution in [2.24, 2.45) is 0 Å². The van der Waals surface area contributed by atoms with Crippen molar-refractivity contribution in [1.82, 2.24) is 9.97 Å². The maximum Gasteiger partial charge on any atom is 0.340 e. The molecular formula is C14H10N2O3. The van der Waals surface area contributed by atoms with Crippen LogP contribution in [-0.2, 0) is 4.74 Å². The van der Waals surface area contributed by atoms with E-state index in [-0.39, 0.29) is 0 Å². The Morgan fingerprint density at radius 2 is 2.16 bits per heavy atom. The van der Waals surface area contributed by atoms with E-state index in [1.807, 2.05) is 6.07 Å². The number of hydrogen-bond acceptors (Lipinski definition) is 5. The molecule has 0 radical (unpaired) electrons. The number of carbonyl (C=O) groups excluding carboxylic acids is 1. The van der Waals surface area contributed by atoms with Crippen molar-refractivity contribution in [3.8, 4) is 11.5 Å². The molecule has 5 nitrogen and oxygen atoms in total. The van der Waals surface area contributed by atoms with E-state index in [4.69, 9.17) is 9.15 Å². The van der Waals surface area contributed by atoms with E-state index in [1.165, 1.54) is 7.11 Å². The molecule has 2 heterocycles. The van der Waals surface area contributed by atoms with Crippen LogP contribution in [0.2, 0.25) is 0 Å². The third-order valence-corrected chi connectivity index (χ3v) is 2.73. The number of nitrogens with zero attached hydrogens (tertiary/aromatic N) is 2. The number of esters is 1. The van der Waals surface area contributed by atoms with Crippen molar-refractivity contribution in [3.05, 3.63) is 48.3 Å². The first-order valence-corrected chi connectivity index (χ1v) is 5.68. The van der Waals surface area contributed by atoms with E-state index in [0.29, 0.717) is 22.6 Å². The van der Waals surface area contributed by atoms with Gasteiger partial charge >= 0.3 is 5.97 Å². The van der Waals surface area contributed by atoms with Crippen molar-refractivity contribution >= 4 is 17.1 Å². The summed E-state index contributed by atoms with van der Waals surface area (Å²) in [4.78, 5) is 20.0. The standard InChI is InChI=1S/C14H10N2O3/c1-18-14(17)10-5-2-6-11-12(10)16-13(19-11)9-4-3-7-15-8-9/h2-8H,1H3. The van der Waals surface area contributed by atoms with Gasteiger partial charge in [-0.25, -0.2) is 9.78 Å². The van der Waals surface area contributed by atoms with Crippen LogP contribution in [0, 0.1) is 0 Å². The summed E-state index contributed by atoms with van der Waals surface area (Å²) in [5, 5.41) is 0. The van der Waals surface area contributed by atoms with Crippen LogP contribution in [0.1, 0.15) is 10.4 Å². The van der Waals surface area contributed by atoms with Gasteiger partial charge in [-0.3, -0.25) is 4.98 Å². The number of para-hydroxylation sites is 1. The number of rotatable bonds is 2. The van der Waals surface area contributed by atoms with Crippen molar-refractivity contribution < 1.29 is 13.9 Å². The number of fused-ring (bicyclic) bond motifs is 1. The van der Waals surface area contributed by atoms with E-state index >= 15 is 0 Å². The highest BCUT2D eigenvalue weighted by atomic mass is 16.5. The topological polar surface area (TPSA) is 65.2 Å². The number of carbonyl (C=O) groups is 1.